The maximum Gasteiger partial charge on any atom is 0.131 e. The third kappa shape index (κ3) is 3.39. The summed E-state index contributed by atoms with van der Waals surface area (Å²) >= 11 is 3.51. The molecule has 1 aromatic heterocycles. The fraction of sp³-hybridized carbons (Fsp3) is 0.286. The van der Waals surface area contributed by atoms with Crippen LogP contribution in [0.15, 0.2) is 28.7 Å². The molecule has 0 saturated carbocycles. The van der Waals surface area contributed by atoms with Gasteiger partial charge >= 0.3 is 0 Å². The number of halogens is 1. The summed E-state index contributed by atoms with van der Waals surface area (Å²) < 4.78 is 8.54. The molecule has 0 fully saturated rings. The number of amidine groups is 1. The van der Waals surface area contributed by atoms with Gasteiger partial charge in [-0.05, 0) is 40.5 Å². The topological polar surface area (TPSA) is 76.9 Å². The van der Waals surface area contributed by atoms with Crippen LogP contribution < -0.4 is 10.5 Å². The van der Waals surface area contributed by atoms with Gasteiger partial charge in [-0.15, -0.1) is 0 Å². The molecule has 0 unspecified atom stereocenters. The van der Waals surface area contributed by atoms with Gasteiger partial charge in [-0.3, -0.25) is 10.1 Å². The summed E-state index contributed by atoms with van der Waals surface area (Å²) in [5.74, 6) is 0.941. The number of aryl methyl sites for hydroxylation is 2. The van der Waals surface area contributed by atoms with Gasteiger partial charge in [0.15, 0.2) is 0 Å². The molecule has 20 heavy (non-hydrogen) atoms. The molecule has 1 aromatic carbocycles. The lowest BCUT2D eigenvalue weighted by Crippen LogP contribution is -2.12. The zero-order chi connectivity index (χ0) is 14.7. The standard InChI is InChI=1S/C14H17BrN4O/c1-9-14(15)12(19(2)18-9)8-20-11-5-3-10(4-6-11)7-13(16)17/h3-6H,7-8H2,1-2H3,(H3,16,17). The number of hydrogen-bond donors (Lipinski definition) is 2. The van der Waals surface area contributed by atoms with Crippen LogP contribution in [0.4, 0.5) is 0 Å². The lowest BCUT2D eigenvalue weighted by molar-refractivity contribution is 0.294. The van der Waals surface area contributed by atoms with Crippen LogP contribution in [0, 0.1) is 12.3 Å². The van der Waals surface area contributed by atoms with Crippen LogP contribution in [-0.4, -0.2) is 15.6 Å². The number of nitrogens with one attached hydrogen (secondary N) is 1. The quantitative estimate of drug-likeness (QED) is 0.650. The summed E-state index contributed by atoms with van der Waals surface area (Å²) in [6.07, 6.45) is 0.465. The van der Waals surface area contributed by atoms with E-state index in [1.54, 1.807) is 0 Å². The minimum absolute atomic E-state index is 0.160. The number of nitrogens with two attached hydrogens (primary N) is 1. The lowest BCUT2D eigenvalue weighted by atomic mass is 10.1. The minimum atomic E-state index is 0.160. The molecule has 5 nitrogen and oxygen atoms in total. The Kier molecular flexibility index (Phi) is 4.44. The molecule has 0 bridgehead atoms. The predicted octanol–water partition coefficient (Wildman–Crippen LogP) is 2.55. The van der Waals surface area contributed by atoms with Gasteiger partial charge in [0.25, 0.3) is 0 Å². The van der Waals surface area contributed by atoms with Gasteiger partial charge in [0.2, 0.25) is 0 Å². The molecule has 0 aliphatic carbocycles. The Morgan fingerprint density at radius 1 is 1.40 bits per heavy atom. The first-order chi connectivity index (χ1) is 9.47. The molecule has 2 aromatic rings. The molecule has 0 spiro atoms. The zero-order valence-corrected chi connectivity index (χ0v) is 13.1. The van der Waals surface area contributed by atoms with E-state index in [1.165, 1.54) is 0 Å². The van der Waals surface area contributed by atoms with E-state index in [4.69, 9.17) is 15.9 Å². The van der Waals surface area contributed by atoms with Crippen molar-refractivity contribution >= 4 is 21.8 Å². The van der Waals surface area contributed by atoms with E-state index in [0.29, 0.717) is 13.0 Å². The fourth-order valence-corrected chi connectivity index (χ4v) is 2.36. The van der Waals surface area contributed by atoms with Gasteiger partial charge in [0, 0.05) is 13.5 Å². The van der Waals surface area contributed by atoms with E-state index in [0.717, 1.165) is 27.2 Å². The maximum atomic E-state index is 7.26. The molecule has 0 aliphatic heterocycles. The average Bonchev–Trinajstić information content (AvgIpc) is 2.62. The molecular weight excluding hydrogens is 320 g/mol. The van der Waals surface area contributed by atoms with Crippen molar-refractivity contribution in [3.63, 3.8) is 0 Å². The van der Waals surface area contributed by atoms with Gasteiger partial charge in [0.05, 0.1) is 21.7 Å². The first kappa shape index (κ1) is 14.6. The van der Waals surface area contributed by atoms with E-state index < -0.39 is 0 Å². The van der Waals surface area contributed by atoms with Crippen molar-refractivity contribution in [1.29, 1.82) is 5.41 Å². The molecule has 0 radical (unpaired) electrons. The third-order valence-electron chi connectivity index (χ3n) is 2.96. The van der Waals surface area contributed by atoms with Crippen LogP contribution in [-0.2, 0) is 20.1 Å². The van der Waals surface area contributed by atoms with Crippen LogP contribution in [0.3, 0.4) is 0 Å². The van der Waals surface area contributed by atoms with Gasteiger partial charge in [0.1, 0.15) is 12.4 Å². The van der Waals surface area contributed by atoms with Crippen LogP contribution in [0.1, 0.15) is 17.0 Å². The second-order valence-corrected chi connectivity index (χ2v) is 5.40. The van der Waals surface area contributed by atoms with E-state index in [-0.39, 0.29) is 5.84 Å². The Bertz CT molecular complexity index is 619. The molecular formula is C14H17BrN4O. The number of benzene rings is 1. The number of aromatic nitrogens is 2. The monoisotopic (exact) mass is 336 g/mol. The fourth-order valence-electron chi connectivity index (χ4n) is 1.91. The highest BCUT2D eigenvalue weighted by Crippen LogP contribution is 2.22. The number of nitrogens with zero attached hydrogens (tertiary/aromatic N) is 2. The molecule has 0 aliphatic rings. The maximum absolute atomic E-state index is 7.26. The van der Waals surface area contributed by atoms with Crippen LogP contribution in [0.25, 0.3) is 0 Å². The Balaban J connectivity index is 2.02. The third-order valence-corrected chi connectivity index (χ3v) is 3.99. The average molecular weight is 337 g/mol. The van der Waals surface area contributed by atoms with Crippen molar-refractivity contribution in [3.05, 3.63) is 45.7 Å². The highest BCUT2D eigenvalue weighted by molar-refractivity contribution is 9.10. The Morgan fingerprint density at radius 3 is 2.55 bits per heavy atom. The van der Waals surface area contributed by atoms with Crippen molar-refractivity contribution in [2.45, 2.75) is 20.0 Å². The van der Waals surface area contributed by atoms with Crippen LogP contribution in [0.2, 0.25) is 0 Å². The van der Waals surface area contributed by atoms with Gasteiger partial charge in [-0.2, -0.15) is 5.10 Å². The Morgan fingerprint density at radius 2 is 2.05 bits per heavy atom. The van der Waals surface area contributed by atoms with E-state index in [2.05, 4.69) is 21.0 Å². The van der Waals surface area contributed by atoms with Gasteiger partial charge < -0.3 is 10.5 Å². The molecule has 0 amide bonds. The number of hydrogen-bond acceptors (Lipinski definition) is 3. The van der Waals surface area contributed by atoms with E-state index in [9.17, 15) is 0 Å². The first-order valence-electron chi connectivity index (χ1n) is 6.20. The second kappa shape index (κ2) is 6.09. The number of ether oxygens (including phenoxy) is 1. The van der Waals surface area contributed by atoms with Crippen molar-refractivity contribution < 1.29 is 4.74 Å². The summed E-state index contributed by atoms with van der Waals surface area (Å²) in [5.41, 5.74) is 8.31. The molecule has 2 rings (SSSR count). The van der Waals surface area contributed by atoms with Crippen molar-refractivity contribution in [2.24, 2.45) is 12.8 Å². The highest BCUT2D eigenvalue weighted by Gasteiger charge is 2.11. The second-order valence-electron chi connectivity index (χ2n) is 4.60. The van der Waals surface area contributed by atoms with Gasteiger partial charge in [-0.1, -0.05) is 12.1 Å². The summed E-state index contributed by atoms with van der Waals surface area (Å²) in [6, 6.07) is 7.60. The molecule has 3 N–H and O–H groups in total. The molecule has 0 saturated heterocycles. The number of rotatable bonds is 5. The molecule has 1 heterocycles. The summed E-state index contributed by atoms with van der Waals surface area (Å²) in [7, 11) is 1.90. The van der Waals surface area contributed by atoms with E-state index >= 15 is 0 Å². The van der Waals surface area contributed by atoms with Crippen molar-refractivity contribution in [1.82, 2.24) is 9.78 Å². The molecule has 106 valence electrons. The first-order valence-corrected chi connectivity index (χ1v) is 6.99. The Labute approximate surface area is 126 Å². The predicted molar refractivity (Wildman–Crippen MR) is 82.0 cm³/mol. The van der Waals surface area contributed by atoms with Crippen LogP contribution >= 0.6 is 15.9 Å². The van der Waals surface area contributed by atoms with Crippen LogP contribution in [0.5, 0.6) is 5.75 Å². The largest absolute Gasteiger partial charge is 0.487 e. The minimum Gasteiger partial charge on any atom is -0.487 e. The Hall–Kier alpha value is -1.82. The van der Waals surface area contributed by atoms with Crippen molar-refractivity contribution in [2.75, 3.05) is 0 Å². The molecule has 6 heteroatoms. The summed E-state index contributed by atoms with van der Waals surface area (Å²) in [5, 5.41) is 11.6. The lowest BCUT2D eigenvalue weighted by Gasteiger charge is -2.08. The van der Waals surface area contributed by atoms with Crippen molar-refractivity contribution in [3.8, 4) is 5.75 Å². The summed E-state index contributed by atoms with van der Waals surface area (Å²) in [6.45, 7) is 2.40. The SMILES string of the molecule is Cc1nn(C)c(COc2ccc(CC(=N)N)cc2)c1Br. The molecule has 0 atom stereocenters. The normalized spacial score (nSPS) is 10.6. The smallest absolute Gasteiger partial charge is 0.131 e. The van der Waals surface area contributed by atoms with E-state index in [1.807, 2.05) is 42.9 Å². The summed E-state index contributed by atoms with van der Waals surface area (Å²) in [4.78, 5) is 0. The highest BCUT2D eigenvalue weighted by atomic mass is 79.9. The van der Waals surface area contributed by atoms with Gasteiger partial charge in [-0.25, -0.2) is 0 Å². The zero-order valence-electron chi connectivity index (χ0n) is 11.5.